The van der Waals surface area contributed by atoms with E-state index in [9.17, 15) is 10.1 Å². The van der Waals surface area contributed by atoms with Crippen molar-refractivity contribution in [1.82, 2.24) is 10.3 Å². The van der Waals surface area contributed by atoms with Crippen molar-refractivity contribution in [3.05, 3.63) is 36.4 Å². The van der Waals surface area contributed by atoms with Gasteiger partial charge < -0.3 is 5.32 Å². The minimum atomic E-state index is -0.728. The number of nitriles is 1. The number of carbonyl (C=O) groups is 1. The molecule has 2 aromatic rings. The number of hydrogen-bond acceptors (Lipinski definition) is 4. The highest BCUT2D eigenvalue weighted by atomic mass is 32.2. The molecule has 0 aliphatic heterocycles. The Kier molecular flexibility index (Phi) is 4.04. The molecule has 0 bridgehead atoms. The Morgan fingerprint density at radius 2 is 2.18 bits per heavy atom. The van der Waals surface area contributed by atoms with Gasteiger partial charge >= 0.3 is 0 Å². The molecule has 1 unspecified atom stereocenters. The van der Waals surface area contributed by atoms with Crippen molar-refractivity contribution < 1.29 is 4.79 Å². The van der Waals surface area contributed by atoms with Crippen LogP contribution in [0.3, 0.4) is 0 Å². The van der Waals surface area contributed by atoms with E-state index in [1.807, 2.05) is 43.3 Å². The summed E-state index contributed by atoms with van der Waals surface area (Å²) in [6.07, 6.45) is 2.04. The van der Waals surface area contributed by atoms with E-state index in [1.54, 1.807) is 0 Å². The maximum Gasteiger partial charge on any atom is 0.231 e. The van der Waals surface area contributed by atoms with E-state index in [2.05, 4.69) is 16.4 Å². The van der Waals surface area contributed by atoms with Crippen molar-refractivity contribution >= 4 is 28.6 Å². The zero-order chi connectivity index (χ0) is 15.6. The average molecular weight is 311 g/mol. The van der Waals surface area contributed by atoms with Crippen LogP contribution < -0.4 is 5.32 Å². The van der Waals surface area contributed by atoms with Gasteiger partial charge in [-0.2, -0.15) is 5.26 Å². The summed E-state index contributed by atoms with van der Waals surface area (Å²) in [5, 5.41) is 14.0. The molecule has 4 nitrogen and oxygen atoms in total. The van der Waals surface area contributed by atoms with Gasteiger partial charge in [-0.05, 0) is 37.8 Å². The predicted molar refractivity (Wildman–Crippen MR) is 87.4 cm³/mol. The molecule has 0 radical (unpaired) electrons. The zero-order valence-electron chi connectivity index (χ0n) is 12.4. The molecule has 1 fully saturated rings. The van der Waals surface area contributed by atoms with Crippen molar-refractivity contribution in [2.24, 2.45) is 5.92 Å². The minimum Gasteiger partial charge on any atom is -0.337 e. The average Bonchev–Trinajstić information content (AvgIpc) is 3.38. The second-order valence-corrected chi connectivity index (χ2v) is 6.76. The Morgan fingerprint density at radius 1 is 1.41 bits per heavy atom. The van der Waals surface area contributed by atoms with Crippen molar-refractivity contribution in [2.75, 3.05) is 5.75 Å². The van der Waals surface area contributed by atoms with E-state index in [0.717, 1.165) is 28.8 Å². The van der Waals surface area contributed by atoms with Crippen molar-refractivity contribution in [2.45, 2.75) is 30.3 Å². The molecule has 1 heterocycles. The molecule has 1 aliphatic rings. The lowest BCUT2D eigenvalue weighted by Crippen LogP contribution is -2.47. The molecule has 0 saturated heterocycles. The molecule has 1 saturated carbocycles. The number of nitrogens with zero attached hydrogens (tertiary/aromatic N) is 2. The van der Waals surface area contributed by atoms with Gasteiger partial charge in [0.25, 0.3) is 0 Å². The van der Waals surface area contributed by atoms with Gasteiger partial charge in [0.05, 0.1) is 22.4 Å². The van der Waals surface area contributed by atoms with Crippen LogP contribution in [0.25, 0.3) is 10.9 Å². The van der Waals surface area contributed by atoms with Crippen molar-refractivity contribution in [3.63, 3.8) is 0 Å². The highest BCUT2D eigenvalue weighted by Gasteiger charge is 2.42. The molecule has 1 aromatic heterocycles. The van der Waals surface area contributed by atoms with E-state index in [1.165, 1.54) is 11.8 Å². The van der Waals surface area contributed by atoms with Crippen molar-refractivity contribution in [1.29, 1.82) is 5.26 Å². The maximum atomic E-state index is 12.1. The van der Waals surface area contributed by atoms with E-state index in [-0.39, 0.29) is 11.7 Å². The highest BCUT2D eigenvalue weighted by molar-refractivity contribution is 7.99. The van der Waals surface area contributed by atoms with E-state index in [0.29, 0.717) is 5.92 Å². The molecular formula is C17H17N3OS. The number of para-hydroxylation sites is 1. The zero-order valence-corrected chi connectivity index (χ0v) is 13.2. The lowest BCUT2D eigenvalue weighted by Gasteiger charge is -2.22. The Hall–Kier alpha value is -2.06. The van der Waals surface area contributed by atoms with Crippen LogP contribution in [0.5, 0.6) is 0 Å². The SMILES string of the molecule is CC(C#N)(NC(=O)CSc1ccc2ccccc2n1)C1CC1. The first kappa shape index (κ1) is 14.9. The summed E-state index contributed by atoms with van der Waals surface area (Å²) < 4.78 is 0. The number of hydrogen-bond donors (Lipinski definition) is 1. The second-order valence-electron chi connectivity index (χ2n) is 5.77. The number of thioether (sulfide) groups is 1. The summed E-state index contributed by atoms with van der Waals surface area (Å²) in [6, 6.07) is 14.1. The molecule has 112 valence electrons. The molecule has 22 heavy (non-hydrogen) atoms. The fourth-order valence-electron chi connectivity index (χ4n) is 2.47. The molecule has 1 N–H and O–H groups in total. The van der Waals surface area contributed by atoms with Crippen LogP contribution in [-0.4, -0.2) is 22.2 Å². The van der Waals surface area contributed by atoms with Crippen LogP contribution in [0.2, 0.25) is 0 Å². The predicted octanol–water partition coefficient (Wildman–Crippen LogP) is 3.14. The summed E-state index contributed by atoms with van der Waals surface area (Å²) in [6.45, 7) is 1.81. The third kappa shape index (κ3) is 3.23. The van der Waals surface area contributed by atoms with Gasteiger partial charge in [0.1, 0.15) is 5.54 Å². The number of carbonyl (C=O) groups excluding carboxylic acids is 1. The quantitative estimate of drug-likeness (QED) is 0.862. The van der Waals surface area contributed by atoms with Gasteiger partial charge in [-0.25, -0.2) is 4.98 Å². The number of fused-ring (bicyclic) bond motifs is 1. The summed E-state index contributed by atoms with van der Waals surface area (Å²) in [5.74, 6) is 0.455. The lowest BCUT2D eigenvalue weighted by atomic mass is 9.98. The number of benzene rings is 1. The van der Waals surface area contributed by atoms with E-state index in [4.69, 9.17) is 0 Å². The first-order chi connectivity index (χ1) is 10.6. The molecule has 0 spiro atoms. The monoisotopic (exact) mass is 311 g/mol. The van der Waals surface area contributed by atoms with Crippen LogP contribution in [-0.2, 0) is 4.79 Å². The van der Waals surface area contributed by atoms with Crippen molar-refractivity contribution in [3.8, 4) is 6.07 Å². The largest absolute Gasteiger partial charge is 0.337 e. The van der Waals surface area contributed by atoms with E-state index >= 15 is 0 Å². The fourth-order valence-corrected chi connectivity index (χ4v) is 3.15. The smallest absolute Gasteiger partial charge is 0.231 e. The minimum absolute atomic E-state index is 0.115. The Balaban J connectivity index is 1.61. The third-order valence-corrected chi connectivity index (χ3v) is 4.88. The Bertz CT molecular complexity index is 751. The number of rotatable bonds is 5. The maximum absolute atomic E-state index is 12.1. The summed E-state index contributed by atoms with van der Waals surface area (Å²) >= 11 is 1.39. The molecule has 1 aromatic carbocycles. The van der Waals surface area contributed by atoms with Gasteiger partial charge in [0.2, 0.25) is 5.91 Å². The van der Waals surface area contributed by atoms with Crippen LogP contribution in [0.1, 0.15) is 19.8 Å². The fraction of sp³-hybridized carbons (Fsp3) is 0.353. The Labute approximate surface area is 133 Å². The molecule has 3 rings (SSSR count). The number of nitrogens with one attached hydrogen (secondary N) is 1. The highest BCUT2D eigenvalue weighted by Crippen LogP contribution is 2.39. The molecule has 1 aliphatic carbocycles. The standard InChI is InChI=1S/C17H17N3OS/c1-17(11-18,13-7-8-13)20-15(21)10-22-16-9-6-12-4-2-3-5-14(12)19-16/h2-6,9,13H,7-8,10H2,1H3,(H,20,21). The van der Waals surface area contributed by atoms with Crippen LogP contribution >= 0.6 is 11.8 Å². The second kappa shape index (κ2) is 5.98. The molecule has 1 amide bonds. The van der Waals surface area contributed by atoms with Crippen LogP contribution in [0.15, 0.2) is 41.4 Å². The number of amides is 1. The van der Waals surface area contributed by atoms with Gasteiger partial charge in [-0.15, -0.1) is 0 Å². The first-order valence-corrected chi connectivity index (χ1v) is 8.30. The normalized spacial score (nSPS) is 16.7. The first-order valence-electron chi connectivity index (χ1n) is 7.31. The topological polar surface area (TPSA) is 65.8 Å². The molecule has 1 atom stereocenters. The van der Waals surface area contributed by atoms with Gasteiger partial charge in [-0.3, -0.25) is 4.79 Å². The summed E-state index contributed by atoms with van der Waals surface area (Å²) in [5.41, 5.74) is 0.196. The lowest BCUT2D eigenvalue weighted by molar-refractivity contribution is -0.119. The third-order valence-electron chi connectivity index (χ3n) is 3.95. The molecule has 5 heteroatoms. The summed E-state index contributed by atoms with van der Waals surface area (Å²) in [4.78, 5) is 16.6. The van der Waals surface area contributed by atoms with Crippen LogP contribution in [0.4, 0.5) is 0 Å². The van der Waals surface area contributed by atoms with E-state index < -0.39 is 5.54 Å². The van der Waals surface area contributed by atoms with Crippen LogP contribution in [0, 0.1) is 17.2 Å². The van der Waals surface area contributed by atoms with Gasteiger partial charge in [-0.1, -0.05) is 36.0 Å². The Morgan fingerprint density at radius 3 is 2.91 bits per heavy atom. The summed E-state index contributed by atoms with van der Waals surface area (Å²) in [7, 11) is 0. The van der Waals surface area contributed by atoms with Gasteiger partial charge in [0, 0.05) is 5.39 Å². The number of aromatic nitrogens is 1. The van der Waals surface area contributed by atoms with Gasteiger partial charge in [0.15, 0.2) is 0 Å². The molecular weight excluding hydrogens is 294 g/mol. The number of pyridine rings is 1.